The molecule has 17 heavy (non-hydrogen) atoms. The Bertz CT molecular complexity index is 555. The maximum atomic E-state index is 13.5. The van der Waals surface area contributed by atoms with Crippen LogP contribution in [0, 0.1) is 5.82 Å². The first-order valence-corrected chi connectivity index (χ1v) is 5.72. The Morgan fingerprint density at radius 3 is 2.47 bits per heavy atom. The Kier molecular flexibility index (Phi) is 3.67. The molecule has 0 aliphatic carbocycles. The van der Waals surface area contributed by atoms with Gasteiger partial charge in [0.2, 0.25) is 0 Å². The second-order valence-electron chi connectivity index (χ2n) is 3.59. The largest absolute Gasteiger partial charge is 0.392 e. The molecule has 0 spiro atoms. The van der Waals surface area contributed by atoms with Gasteiger partial charge in [0.05, 0.1) is 6.61 Å². The summed E-state index contributed by atoms with van der Waals surface area (Å²) in [5.41, 5.74) is 1.56. The van der Waals surface area contributed by atoms with E-state index in [4.69, 9.17) is 28.3 Å². The molecule has 0 aliphatic rings. The molecule has 0 aliphatic heterocycles. The first kappa shape index (κ1) is 12.4. The number of halogens is 3. The smallest absolute Gasteiger partial charge is 0.129 e. The monoisotopic (exact) mass is 270 g/mol. The lowest BCUT2D eigenvalue weighted by Gasteiger charge is -2.07. The highest BCUT2D eigenvalue weighted by Crippen LogP contribution is 2.31. The van der Waals surface area contributed by atoms with E-state index >= 15 is 0 Å². The number of rotatable bonds is 2. The van der Waals surface area contributed by atoms with Crippen LogP contribution in [0.5, 0.6) is 0 Å². The number of hydrogen-bond donors (Lipinski definition) is 1. The van der Waals surface area contributed by atoms with Gasteiger partial charge in [-0.3, -0.25) is 0 Å². The predicted octanol–water partition coefficient (Wildman–Crippen LogP) is 4.29. The third kappa shape index (κ3) is 2.60. The molecule has 0 saturated carbocycles. The SMILES string of the molecule is OCc1ccc(-c2cc(Cl)ccc2Cl)cc1F. The van der Waals surface area contributed by atoms with E-state index in [1.54, 1.807) is 24.3 Å². The summed E-state index contributed by atoms with van der Waals surface area (Å²) >= 11 is 11.9. The second-order valence-corrected chi connectivity index (χ2v) is 4.43. The zero-order valence-electron chi connectivity index (χ0n) is 8.75. The van der Waals surface area contributed by atoms with Gasteiger partial charge >= 0.3 is 0 Å². The van der Waals surface area contributed by atoms with E-state index in [1.165, 1.54) is 12.1 Å². The molecule has 0 saturated heterocycles. The summed E-state index contributed by atoms with van der Waals surface area (Å²) < 4.78 is 13.5. The fourth-order valence-corrected chi connectivity index (χ4v) is 1.96. The van der Waals surface area contributed by atoms with E-state index in [1.807, 2.05) is 0 Å². The second kappa shape index (κ2) is 5.05. The highest BCUT2D eigenvalue weighted by molar-refractivity contribution is 6.35. The van der Waals surface area contributed by atoms with Crippen LogP contribution in [-0.2, 0) is 6.61 Å². The van der Waals surface area contributed by atoms with E-state index in [2.05, 4.69) is 0 Å². The molecule has 2 aromatic rings. The molecule has 0 amide bonds. The third-order valence-electron chi connectivity index (χ3n) is 2.46. The molecule has 1 nitrogen and oxygen atoms in total. The van der Waals surface area contributed by atoms with Crippen LogP contribution in [0.1, 0.15) is 5.56 Å². The molecule has 4 heteroatoms. The minimum Gasteiger partial charge on any atom is -0.392 e. The molecular formula is C13H9Cl2FO. The van der Waals surface area contributed by atoms with Crippen molar-refractivity contribution in [3.63, 3.8) is 0 Å². The Morgan fingerprint density at radius 1 is 1.06 bits per heavy atom. The van der Waals surface area contributed by atoms with Gasteiger partial charge in [0.1, 0.15) is 5.82 Å². The van der Waals surface area contributed by atoms with Gasteiger partial charge in [0, 0.05) is 21.2 Å². The van der Waals surface area contributed by atoms with Crippen molar-refractivity contribution in [1.29, 1.82) is 0 Å². The fraction of sp³-hybridized carbons (Fsp3) is 0.0769. The first-order chi connectivity index (χ1) is 8.11. The summed E-state index contributed by atoms with van der Waals surface area (Å²) in [5.74, 6) is -0.457. The van der Waals surface area contributed by atoms with E-state index < -0.39 is 5.82 Å². The van der Waals surface area contributed by atoms with Crippen molar-refractivity contribution >= 4 is 23.2 Å². The molecule has 0 unspecified atom stereocenters. The van der Waals surface area contributed by atoms with Crippen molar-refractivity contribution < 1.29 is 9.50 Å². The highest BCUT2D eigenvalue weighted by atomic mass is 35.5. The molecule has 88 valence electrons. The quantitative estimate of drug-likeness (QED) is 0.863. The van der Waals surface area contributed by atoms with Gasteiger partial charge in [-0.15, -0.1) is 0 Å². The van der Waals surface area contributed by atoms with Gasteiger partial charge < -0.3 is 5.11 Å². The number of aliphatic hydroxyl groups is 1. The molecule has 0 atom stereocenters. The zero-order chi connectivity index (χ0) is 12.4. The van der Waals surface area contributed by atoms with Crippen LogP contribution < -0.4 is 0 Å². The minimum absolute atomic E-state index is 0.256. The summed E-state index contributed by atoms with van der Waals surface area (Å²) in [6.07, 6.45) is 0. The summed E-state index contributed by atoms with van der Waals surface area (Å²) in [6.45, 7) is -0.324. The zero-order valence-corrected chi connectivity index (χ0v) is 10.3. The standard InChI is InChI=1S/C13H9Cl2FO/c14-10-3-4-12(15)11(6-10)8-1-2-9(7-17)13(16)5-8/h1-6,17H,7H2. The average Bonchev–Trinajstić information content (AvgIpc) is 2.32. The van der Waals surface area contributed by atoms with Crippen LogP contribution in [0.3, 0.4) is 0 Å². The summed E-state index contributed by atoms with van der Waals surface area (Å²) in [7, 11) is 0. The number of hydrogen-bond acceptors (Lipinski definition) is 1. The molecule has 0 heterocycles. The van der Waals surface area contributed by atoms with Gasteiger partial charge in [-0.1, -0.05) is 35.3 Å². The molecule has 0 bridgehead atoms. The van der Waals surface area contributed by atoms with Crippen molar-refractivity contribution in [2.75, 3.05) is 0 Å². The summed E-state index contributed by atoms with van der Waals surface area (Å²) in [6, 6.07) is 9.58. The molecule has 1 N–H and O–H groups in total. The van der Waals surface area contributed by atoms with Crippen molar-refractivity contribution in [1.82, 2.24) is 0 Å². The highest BCUT2D eigenvalue weighted by Gasteiger charge is 2.08. The van der Waals surface area contributed by atoms with Crippen molar-refractivity contribution in [3.8, 4) is 11.1 Å². The van der Waals surface area contributed by atoms with Gasteiger partial charge in [0.15, 0.2) is 0 Å². The maximum absolute atomic E-state index is 13.5. The molecule has 2 aromatic carbocycles. The first-order valence-electron chi connectivity index (χ1n) is 4.96. The van der Waals surface area contributed by atoms with Crippen LogP contribution in [0.25, 0.3) is 11.1 Å². The lowest BCUT2D eigenvalue weighted by molar-refractivity contribution is 0.276. The molecule has 0 aromatic heterocycles. The van der Waals surface area contributed by atoms with Crippen LogP contribution in [-0.4, -0.2) is 5.11 Å². The Labute approximate surface area is 108 Å². The van der Waals surface area contributed by atoms with Gasteiger partial charge in [0.25, 0.3) is 0 Å². The van der Waals surface area contributed by atoms with Crippen molar-refractivity contribution in [2.24, 2.45) is 0 Å². The third-order valence-corrected chi connectivity index (χ3v) is 3.03. The van der Waals surface area contributed by atoms with E-state index in [0.717, 1.165) is 0 Å². The molecule has 2 rings (SSSR count). The fourth-order valence-electron chi connectivity index (χ4n) is 1.56. The Hall–Kier alpha value is -1.09. The van der Waals surface area contributed by atoms with Crippen LogP contribution in [0.4, 0.5) is 4.39 Å². The van der Waals surface area contributed by atoms with Crippen LogP contribution in [0.15, 0.2) is 36.4 Å². The van der Waals surface area contributed by atoms with Crippen LogP contribution in [0.2, 0.25) is 10.0 Å². The topological polar surface area (TPSA) is 20.2 Å². The minimum atomic E-state index is -0.457. The predicted molar refractivity (Wildman–Crippen MR) is 67.8 cm³/mol. The van der Waals surface area contributed by atoms with Gasteiger partial charge in [-0.05, 0) is 29.8 Å². The number of benzene rings is 2. The average molecular weight is 271 g/mol. The van der Waals surface area contributed by atoms with E-state index in [-0.39, 0.29) is 12.2 Å². The maximum Gasteiger partial charge on any atom is 0.129 e. The normalized spacial score (nSPS) is 10.6. The Morgan fingerprint density at radius 2 is 1.82 bits per heavy atom. The summed E-state index contributed by atoms with van der Waals surface area (Å²) in [5, 5.41) is 9.93. The lowest BCUT2D eigenvalue weighted by Crippen LogP contribution is -1.90. The van der Waals surface area contributed by atoms with E-state index in [0.29, 0.717) is 21.2 Å². The van der Waals surface area contributed by atoms with Gasteiger partial charge in [-0.2, -0.15) is 0 Å². The van der Waals surface area contributed by atoms with Crippen molar-refractivity contribution in [3.05, 3.63) is 57.8 Å². The molecule has 0 fully saturated rings. The number of aliphatic hydroxyl groups excluding tert-OH is 1. The lowest BCUT2D eigenvalue weighted by atomic mass is 10.0. The molecule has 0 radical (unpaired) electrons. The van der Waals surface area contributed by atoms with Crippen LogP contribution >= 0.6 is 23.2 Å². The van der Waals surface area contributed by atoms with Crippen molar-refractivity contribution in [2.45, 2.75) is 6.61 Å². The summed E-state index contributed by atoms with van der Waals surface area (Å²) in [4.78, 5) is 0. The Balaban J connectivity index is 2.53. The van der Waals surface area contributed by atoms with Gasteiger partial charge in [-0.25, -0.2) is 4.39 Å². The molecular weight excluding hydrogens is 262 g/mol. The van der Waals surface area contributed by atoms with E-state index in [9.17, 15) is 4.39 Å².